The molecule has 0 bridgehead atoms. The summed E-state index contributed by atoms with van der Waals surface area (Å²) < 4.78 is 13.0. The summed E-state index contributed by atoms with van der Waals surface area (Å²) in [5.41, 5.74) is 8.55. The van der Waals surface area contributed by atoms with E-state index in [1.54, 1.807) is 24.5 Å². The van der Waals surface area contributed by atoms with E-state index < -0.39 is 0 Å². The van der Waals surface area contributed by atoms with E-state index >= 15 is 0 Å². The van der Waals surface area contributed by atoms with Gasteiger partial charge in [0, 0.05) is 29.1 Å². The third-order valence-corrected chi connectivity index (χ3v) is 3.65. The van der Waals surface area contributed by atoms with Crippen molar-refractivity contribution in [2.24, 2.45) is 0 Å². The molecule has 1 aromatic carbocycles. The van der Waals surface area contributed by atoms with Crippen molar-refractivity contribution in [3.05, 3.63) is 58.6 Å². The molecule has 1 atom stereocenters. The van der Waals surface area contributed by atoms with E-state index in [2.05, 4.69) is 10.3 Å². The highest BCUT2D eigenvalue weighted by atomic mass is 35.5. The second-order valence-electron chi connectivity index (χ2n) is 4.70. The third-order valence-electron chi connectivity index (χ3n) is 3.30. The van der Waals surface area contributed by atoms with Crippen LogP contribution in [0.5, 0.6) is 0 Å². The molecule has 0 aliphatic carbocycles. The van der Waals surface area contributed by atoms with Crippen molar-refractivity contribution in [2.75, 3.05) is 12.8 Å². The topological polar surface area (TPSA) is 50.9 Å². The van der Waals surface area contributed by atoms with Crippen LogP contribution in [0, 0.1) is 5.82 Å². The van der Waals surface area contributed by atoms with Gasteiger partial charge in [-0.15, -0.1) is 0 Å². The number of halogens is 2. The second kappa shape index (κ2) is 6.68. The van der Waals surface area contributed by atoms with Crippen LogP contribution < -0.4 is 11.1 Å². The maximum Gasteiger partial charge on any atom is 0.124 e. The number of pyridine rings is 1. The van der Waals surface area contributed by atoms with Gasteiger partial charge in [-0.1, -0.05) is 17.7 Å². The number of nitrogens with one attached hydrogen (secondary N) is 1. The molecule has 0 fully saturated rings. The van der Waals surface area contributed by atoms with Crippen LogP contribution in [-0.2, 0) is 12.8 Å². The fourth-order valence-corrected chi connectivity index (χ4v) is 2.35. The number of hydrogen-bond acceptors (Lipinski definition) is 3. The molecule has 2 aromatic rings. The van der Waals surface area contributed by atoms with E-state index in [-0.39, 0.29) is 11.9 Å². The molecule has 0 spiro atoms. The highest BCUT2D eigenvalue weighted by molar-refractivity contribution is 6.31. The van der Waals surface area contributed by atoms with Gasteiger partial charge in [-0.05, 0) is 49.2 Å². The number of benzene rings is 1. The zero-order valence-electron chi connectivity index (χ0n) is 11.2. The lowest BCUT2D eigenvalue weighted by Gasteiger charge is -2.18. The summed E-state index contributed by atoms with van der Waals surface area (Å²) in [6.07, 6.45) is 4.88. The molecule has 0 saturated heterocycles. The molecule has 3 nitrogen and oxygen atoms in total. The zero-order valence-corrected chi connectivity index (χ0v) is 12.0. The SMILES string of the molecule is CNC(Cc1cnccc1N)Cc1ccc(F)cc1Cl. The first-order valence-electron chi connectivity index (χ1n) is 6.39. The van der Waals surface area contributed by atoms with E-state index in [0.29, 0.717) is 11.4 Å². The van der Waals surface area contributed by atoms with Crippen LogP contribution in [0.4, 0.5) is 10.1 Å². The van der Waals surface area contributed by atoms with Gasteiger partial charge in [0.25, 0.3) is 0 Å². The summed E-state index contributed by atoms with van der Waals surface area (Å²) in [7, 11) is 1.88. The molecule has 3 N–H and O–H groups in total. The van der Waals surface area contributed by atoms with Crippen LogP contribution >= 0.6 is 11.6 Å². The molecule has 106 valence electrons. The van der Waals surface area contributed by atoms with Gasteiger partial charge in [-0.25, -0.2) is 4.39 Å². The van der Waals surface area contributed by atoms with Crippen molar-refractivity contribution in [1.82, 2.24) is 10.3 Å². The molecule has 0 aliphatic heterocycles. The number of aromatic nitrogens is 1. The van der Waals surface area contributed by atoms with E-state index in [1.807, 2.05) is 7.05 Å². The van der Waals surface area contributed by atoms with E-state index in [9.17, 15) is 4.39 Å². The van der Waals surface area contributed by atoms with Crippen LogP contribution in [0.25, 0.3) is 0 Å². The van der Waals surface area contributed by atoms with Gasteiger partial charge in [0.1, 0.15) is 5.82 Å². The third kappa shape index (κ3) is 3.68. The number of nitrogen functional groups attached to an aromatic ring is 1. The van der Waals surface area contributed by atoms with Crippen molar-refractivity contribution in [3.63, 3.8) is 0 Å². The Morgan fingerprint density at radius 1 is 1.30 bits per heavy atom. The number of anilines is 1. The van der Waals surface area contributed by atoms with Gasteiger partial charge in [-0.2, -0.15) is 0 Å². The maximum absolute atomic E-state index is 13.0. The number of likely N-dealkylation sites (N-methyl/N-ethyl adjacent to an activating group) is 1. The largest absolute Gasteiger partial charge is 0.398 e. The molecular weight excluding hydrogens is 277 g/mol. The van der Waals surface area contributed by atoms with Crippen LogP contribution in [0.3, 0.4) is 0 Å². The molecule has 2 rings (SSSR count). The second-order valence-corrected chi connectivity index (χ2v) is 5.11. The summed E-state index contributed by atoms with van der Waals surface area (Å²) >= 11 is 6.06. The Balaban J connectivity index is 2.11. The van der Waals surface area contributed by atoms with E-state index in [0.717, 1.165) is 23.2 Å². The van der Waals surface area contributed by atoms with Crippen LogP contribution in [0.2, 0.25) is 5.02 Å². The summed E-state index contributed by atoms with van der Waals surface area (Å²) in [4.78, 5) is 4.09. The number of nitrogens with two attached hydrogens (primary N) is 1. The Morgan fingerprint density at radius 3 is 2.70 bits per heavy atom. The Labute approximate surface area is 123 Å². The molecule has 20 heavy (non-hydrogen) atoms. The van der Waals surface area contributed by atoms with Gasteiger partial charge < -0.3 is 11.1 Å². The summed E-state index contributed by atoms with van der Waals surface area (Å²) in [6.45, 7) is 0. The van der Waals surface area contributed by atoms with Crippen LogP contribution in [0.15, 0.2) is 36.7 Å². The molecule has 0 saturated carbocycles. The summed E-state index contributed by atoms with van der Waals surface area (Å²) in [5.74, 6) is -0.323. The van der Waals surface area contributed by atoms with Gasteiger partial charge in [0.15, 0.2) is 0 Å². The van der Waals surface area contributed by atoms with Crippen molar-refractivity contribution >= 4 is 17.3 Å². The number of nitrogens with zero attached hydrogens (tertiary/aromatic N) is 1. The first-order chi connectivity index (χ1) is 9.60. The average Bonchev–Trinajstić information content (AvgIpc) is 2.43. The van der Waals surface area contributed by atoms with Crippen molar-refractivity contribution in [1.29, 1.82) is 0 Å². The molecule has 1 heterocycles. The van der Waals surface area contributed by atoms with Crippen LogP contribution in [-0.4, -0.2) is 18.1 Å². The van der Waals surface area contributed by atoms with Gasteiger partial charge in [-0.3, -0.25) is 4.98 Å². The molecule has 0 aliphatic rings. The summed E-state index contributed by atoms with van der Waals surface area (Å²) in [5, 5.41) is 3.68. The summed E-state index contributed by atoms with van der Waals surface area (Å²) in [6, 6.07) is 6.42. The standard InChI is InChI=1S/C15H17ClFN3/c1-19-13(7-11-9-20-5-4-15(11)18)6-10-2-3-12(17)8-14(10)16/h2-5,8-9,13,19H,6-7H2,1H3,(H2,18,20). The fourth-order valence-electron chi connectivity index (χ4n) is 2.10. The predicted octanol–water partition coefficient (Wildman–Crippen LogP) is 2.83. The van der Waals surface area contributed by atoms with Crippen molar-refractivity contribution < 1.29 is 4.39 Å². The minimum absolute atomic E-state index is 0.157. The Morgan fingerprint density at radius 2 is 2.05 bits per heavy atom. The minimum atomic E-state index is -0.323. The minimum Gasteiger partial charge on any atom is -0.398 e. The van der Waals surface area contributed by atoms with Gasteiger partial charge >= 0.3 is 0 Å². The normalized spacial score (nSPS) is 12.3. The highest BCUT2D eigenvalue weighted by Gasteiger charge is 2.13. The lowest BCUT2D eigenvalue weighted by Crippen LogP contribution is -2.30. The smallest absolute Gasteiger partial charge is 0.124 e. The van der Waals surface area contributed by atoms with Crippen molar-refractivity contribution in [3.8, 4) is 0 Å². The van der Waals surface area contributed by atoms with E-state index in [1.165, 1.54) is 12.1 Å². The molecular formula is C15H17ClFN3. The Hall–Kier alpha value is -1.65. The first-order valence-corrected chi connectivity index (χ1v) is 6.77. The molecule has 5 heteroatoms. The predicted molar refractivity (Wildman–Crippen MR) is 80.3 cm³/mol. The Kier molecular flexibility index (Phi) is 4.93. The molecule has 0 amide bonds. The van der Waals surface area contributed by atoms with Crippen molar-refractivity contribution in [2.45, 2.75) is 18.9 Å². The number of hydrogen-bond donors (Lipinski definition) is 2. The average molecular weight is 294 g/mol. The van der Waals surface area contributed by atoms with Crippen LogP contribution in [0.1, 0.15) is 11.1 Å². The van der Waals surface area contributed by atoms with Gasteiger partial charge in [0.05, 0.1) is 0 Å². The first kappa shape index (κ1) is 14.8. The zero-order chi connectivity index (χ0) is 14.5. The molecule has 1 aromatic heterocycles. The van der Waals surface area contributed by atoms with Gasteiger partial charge in [0.2, 0.25) is 0 Å². The molecule has 0 radical (unpaired) electrons. The fraction of sp³-hybridized carbons (Fsp3) is 0.267. The van der Waals surface area contributed by atoms with E-state index in [4.69, 9.17) is 17.3 Å². The lowest BCUT2D eigenvalue weighted by molar-refractivity contribution is 0.555. The Bertz CT molecular complexity index is 589. The lowest BCUT2D eigenvalue weighted by atomic mass is 9.99. The quantitative estimate of drug-likeness (QED) is 0.891. The maximum atomic E-state index is 13.0. The number of rotatable bonds is 5. The highest BCUT2D eigenvalue weighted by Crippen LogP contribution is 2.20. The molecule has 1 unspecified atom stereocenters. The monoisotopic (exact) mass is 293 g/mol.